The Kier molecular flexibility index (Phi) is 4.66. The number of aryl methyl sites for hydroxylation is 1. The van der Waals surface area contributed by atoms with E-state index >= 15 is 0 Å². The number of rotatable bonds is 2. The molecule has 0 atom stereocenters. The third-order valence-corrected chi connectivity index (χ3v) is 5.20. The molecule has 0 N–H and O–H groups in total. The molecule has 116 valence electrons. The maximum atomic E-state index is 13.3. The van der Waals surface area contributed by atoms with Gasteiger partial charge in [0, 0.05) is 0 Å². The van der Waals surface area contributed by atoms with E-state index in [1.54, 1.807) is 18.2 Å². The van der Waals surface area contributed by atoms with E-state index in [1.165, 1.54) is 22.7 Å². The molecular formula is C17H11BrFNOS2. The fourth-order valence-corrected chi connectivity index (χ4v) is 3.91. The highest BCUT2D eigenvalue weighted by Gasteiger charge is 2.33. The lowest BCUT2D eigenvalue weighted by Gasteiger charge is -2.14. The summed E-state index contributed by atoms with van der Waals surface area (Å²) in [6.07, 6.45) is 1.72. The Labute approximate surface area is 151 Å². The average molecular weight is 408 g/mol. The fraction of sp³-hybridized carbons (Fsp3) is 0.0588. The highest BCUT2D eigenvalue weighted by molar-refractivity contribution is 9.10. The van der Waals surface area contributed by atoms with Crippen molar-refractivity contribution in [2.24, 2.45) is 0 Å². The summed E-state index contributed by atoms with van der Waals surface area (Å²) in [5.41, 5.74) is 2.56. The van der Waals surface area contributed by atoms with Crippen molar-refractivity contribution >= 4 is 61.9 Å². The van der Waals surface area contributed by atoms with Crippen LogP contribution < -0.4 is 4.90 Å². The molecule has 0 unspecified atom stereocenters. The van der Waals surface area contributed by atoms with Crippen LogP contribution in [0.2, 0.25) is 0 Å². The monoisotopic (exact) mass is 407 g/mol. The summed E-state index contributed by atoms with van der Waals surface area (Å²) in [6.45, 7) is 1.97. The molecule has 1 amide bonds. The summed E-state index contributed by atoms with van der Waals surface area (Å²) < 4.78 is 14.2. The predicted octanol–water partition coefficient (Wildman–Crippen LogP) is 5.30. The topological polar surface area (TPSA) is 20.3 Å². The molecule has 1 aliphatic heterocycles. The van der Waals surface area contributed by atoms with Crippen LogP contribution in [0.25, 0.3) is 6.08 Å². The zero-order valence-electron chi connectivity index (χ0n) is 12.0. The highest BCUT2D eigenvalue weighted by atomic mass is 79.9. The number of benzene rings is 2. The second-order valence-electron chi connectivity index (χ2n) is 5.03. The fourth-order valence-electron chi connectivity index (χ4n) is 2.21. The number of hydrogen-bond acceptors (Lipinski definition) is 3. The van der Waals surface area contributed by atoms with Crippen molar-refractivity contribution in [3.63, 3.8) is 0 Å². The number of nitrogens with zero attached hydrogens (tertiary/aromatic N) is 1. The van der Waals surface area contributed by atoms with Crippen molar-refractivity contribution in [2.45, 2.75) is 6.92 Å². The van der Waals surface area contributed by atoms with Gasteiger partial charge in [-0.3, -0.25) is 9.69 Å². The number of halogens is 2. The molecule has 2 aromatic rings. The SMILES string of the molecule is Cc1cccc(N2C(=O)/C(=C/c3ccc(F)c(Br)c3)SC2=S)c1. The minimum Gasteiger partial charge on any atom is -0.268 e. The van der Waals surface area contributed by atoms with Crippen molar-refractivity contribution in [1.82, 2.24) is 0 Å². The van der Waals surface area contributed by atoms with Gasteiger partial charge in [-0.15, -0.1) is 0 Å². The van der Waals surface area contributed by atoms with Crippen LogP contribution in [0.4, 0.5) is 10.1 Å². The summed E-state index contributed by atoms with van der Waals surface area (Å²) in [5, 5.41) is 0. The maximum Gasteiger partial charge on any atom is 0.270 e. The van der Waals surface area contributed by atoms with Crippen molar-refractivity contribution in [3.05, 3.63) is 68.8 Å². The van der Waals surface area contributed by atoms with Crippen LogP contribution in [0.5, 0.6) is 0 Å². The molecule has 0 aromatic heterocycles. The molecule has 2 aromatic carbocycles. The zero-order chi connectivity index (χ0) is 16.6. The summed E-state index contributed by atoms with van der Waals surface area (Å²) in [4.78, 5) is 14.7. The van der Waals surface area contributed by atoms with Crippen LogP contribution in [0.3, 0.4) is 0 Å². The largest absolute Gasteiger partial charge is 0.270 e. The lowest BCUT2D eigenvalue weighted by atomic mass is 10.2. The van der Waals surface area contributed by atoms with E-state index in [-0.39, 0.29) is 11.7 Å². The zero-order valence-corrected chi connectivity index (χ0v) is 15.3. The van der Waals surface area contributed by atoms with Gasteiger partial charge < -0.3 is 0 Å². The smallest absolute Gasteiger partial charge is 0.268 e. The van der Waals surface area contributed by atoms with Gasteiger partial charge in [0.15, 0.2) is 4.32 Å². The molecule has 1 heterocycles. The molecule has 1 aliphatic rings. The molecule has 1 fully saturated rings. The number of thiocarbonyl (C=S) groups is 1. The van der Waals surface area contributed by atoms with Gasteiger partial charge in [0.1, 0.15) is 5.82 Å². The van der Waals surface area contributed by atoms with Gasteiger partial charge in [0.25, 0.3) is 5.91 Å². The van der Waals surface area contributed by atoms with E-state index in [0.717, 1.165) is 16.8 Å². The van der Waals surface area contributed by atoms with E-state index < -0.39 is 0 Å². The molecule has 0 saturated carbocycles. The van der Waals surface area contributed by atoms with Gasteiger partial charge in [-0.1, -0.05) is 42.2 Å². The van der Waals surface area contributed by atoms with Crippen LogP contribution in [-0.4, -0.2) is 10.2 Å². The molecule has 0 spiro atoms. The Balaban J connectivity index is 1.94. The lowest BCUT2D eigenvalue weighted by molar-refractivity contribution is -0.113. The Hall–Kier alpha value is -1.50. The highest BCUT2D eigenvalue weighted by Crippen LogP contribution is 2.36. The first kappa shape index (κ1) is 16.4. The Morgan fingerprint density at radius 3 is 2.74 bits per heavy atom. The summed E-state index contributed by atoms with van der Waals surface area (Å²) in [6, 6.07) is 12.2. The number of thioether (sulfide) groups is 1. The van der Waals surface area contributed by atoms with Gasteiger partial charge in [-0.2, -0.15) is 0 Å². The molecule has 3 rings (SSSR count). The number of amides is 1. The molecular weight excluding hydrogens is 397 g/mol. The predicted molar refractivity (Wildman–Crippen MR) is 101 cm³/mol. The molecule has 2 nitrogen and oxygen atoms in total. The maximum absolute atomic E-state index is 13.3. The lowest BCUT2D eigenvalue weighted by Crippen LogP contribution is -2.27. The van der Waals surface area contributed by atoms with E-state index in [9.17, 15) is 9.18 Å². The average Bonchev–Trinajstić information content (AvgIpc) is 2.77. The molecule has 23 heavy (non-hydrogen) atoms. The first-order valence-corrected chi connectivity index (χ1v) is 8.77. The summed E-state index contributed by atoms with van der Waals surface area (Å²) >= 11 is 9.73. The summed E-state index contributed by atoms with van der Waals surface area (Å²) in [7, 11) is 0. The van der Waals surface area contributed by atoms with E-state index in [1.807, 2.05) is 31.2 Å². The van der Waals surface area contributed by atoms with E-state index in [2.05, 4.69) is 15.9 Å². The first-order chi connectivity index (χ1) is 11.0. The minimum absolute atomic E-state index is 0.161. The Morgan fingerprint density at radius 2 is 2.04 bits per heavy atom. The van der Waals surface area contributed by atoms with Crippen LogP contribution in [0.15, 0.2) is 51.8 Å². The van der Waals surface area contributed by atoms with Crippen LogP contribution in [0, 0.1) is 12.7 Å². The van der Waals surface area contributed by atoms with E-state index in [0.29, 0.717) is 13.7 Å². The number of anilines is 1. The number of carbonyl (C=O) groups excluding carboxylic acids is 1. The second kappa shape index (κ2) is 6.55. The molecule has 0 radical (unpaired) electrons. The third kappa shape index (κ3) is 3.39. The van der Waals surface area contributed by atoms with Crippen molar-refractivity contribution in [1.29, 1.82) is 0 Å². The first-order valence-electron chi connectivity index (χ1n) is 6.75. The van der Waals surface area contributed by atoms with Gasteiger partial charge >= 0.3 is 0 Å². The molecule has 0 aliphatic carbocycles. The minimum atomic E-state index is -0.338. The van der Waals surface area contributed by atoms with Crippen LogP contribution in [0.1, 0.15) is 11.1 Å². The van der Waals surface area contributed by atoms with Crippen LogP contribution >= 0.6 is 39.9 Å². The van der Waals surface area contributed by atoms with Crippen molar-refractivity contribution in [2.75, 3.05) is 4.90 Å². The van der Waals surface area contributed by atoms with Crippen molar-refractivity contribution in [3.8, 4) is 0 Å². The third-order valence-electron chi connectivity index (χ3n) is 3.29. The van der Waals surface area contributed by atoms with Gasteiger partial charge in [0.2, 0.25) is 0 Å². The molecule has 6 heteroatoms. The van der Waals surface area contributed by atoms with Gasteiger partial charge in [-0.25, -0.2) is 4.39 Å². The Bertz CT molecular complexity index is 850. The normalized spacial score (nSPS) is 16.5. The van der Waals surface area contributed by atoms with Gasteiger partial charge in [-0.05, 0) is 64.3 Å². The van der Waals surface area contributed by atoms with E-state index in [4.69, 9.17) is 12.2 Å². The Morgan fingerprint density at radius 1 is 1.26 bits per heavy atom. The molecule has 0 bridgehead atoms. The number of hydrogen-bond donors (Lipinski definition) is 0. The second-order valence-corrected chi connectivity index (χ2v) is 7.56. The van der Waals surface area contributed by atoms with Crippen LogP contribution in [-0.2, 0) is 4.79 Å². The standard InChI is InChI=1S/C17H11BrFNOS2/c1-10-3-2-4-12(7-10)20-16(21)15(23-17(20)22)9-11-5-6-14(19)13(18)8-11/h2-9H,1H3/b15-9-. The summed E-state index contributed by atoms with van der Waals surface area (Å²) in [5.74, 6) is -0.500. The van der Waals surface area contributed by atoms with Crippen molar-refractivity contribution < 1.29 is 9.18 Å². The number of carbonyl (C=O) groups is 1. The van der Waals surface area contributed by atoms with Gasteiger partial charge in [0.05, 0.1) is 15.1 Å². The quantitative estimate of drug-likeness (QED) is 0.497. The molecule has 1 saturated heterocycles.